The van der Waals surface area contributed by atoms with Gasteiger partial charge in [0, 0.05) is 24.1 Å². The van der Waals surface area contributed by atoms with Gasteiger partial charge >= 0.3 is 0 Å². The molecule has 1 aromatic heterocycles. The second kappa shape index (κ2) is 6.68. The van der Waals surface area contributed by atoms with Crippen LogP contribution in [0.3, 0.4) is 0 Å². The Balaban J connectivity index is 2.42. The predicted molar refractivity (Wildman–Crippen MR) is 67.8 cm³/mol. The highest BCUT2D eigenvalue weighted by molar-refractivity contribution is 7.17. The van der Waals surface area contributed by atoms with Gasteiger partial charge in [-0.2, -0.15) is 0 Å². The number of carbonyl (C=O) groups is 1. The van der Waals surface area contributed by atoms with Crippen LogP contribution in [0, 0.1) is 0 Å². The SMILES string of the molecule is COCC(C)NC(=O)C=Cc1ccc(Cl)s1. The number of amides is 1. The molecule has 1 unspecified atom stereocenters. The minimum Gasteiger partial charge on any atom is -0.383 e. The molecule has 0 spiro atoms. The van der Waals surface area contributed by atoms with Crippen molar-refractivity contribution in [3.05, 3.63) is 27.4 Å². The Morgan fingerprint density at radius 3 is 3.00 bits per heavy atom. The second-order valence-corrected chi connectivity index (χ2v) is 5.09. The molecule has 0 aliphatic carbocycles. The molecule has 16 heavy (non-hydrogen) atoms. The van der Waals surface area contributed by atoms with Crippen LogP contribution in [0.2, 0.25) is 4.34 Å². The summed E-state index contributed by atoms with van der Waals surface area (Å²) < 4.78 is 5.63. The first kappa shape index (κ1) is 13.2. The largest absolute Gasteiger partial charge is 0.383 e. The van der Waals surface area contributed by atoms with Crippen molar-refractivity contribution < 1.29 is 9.53 Å². The van der Waals surface area contributed by atoms with E-state index in [0.29, 0.717) is 10.9 Å². The smallest absolute Gasteiger partial charge is 0.244 e. The lowest BCUT2D eigenvalue weighted by Crippen LogP contribution is -2.34. The molecule has 1 amide bonds. The first-order chi connectivity index (χ1) is 7.61. The molecule has 3 nitrogen and oxygen atoms in total. The number of hydrogen-bond acceptors (Lipinski definition) is 3. The zero-order valence-corrected chi connectivity index (χ0v) is 10.8. The molecular weight excluding hydrogens is 246 g/mol. The van der Waals surface area contributed by atoms with E-state index in [2.05, 4.69) is 5.32 Å². The van der Waals surface area contributed by atoms with Gasteiger partial charge in [-0.1, -0.05) is 11.6 Å². The molecule has 0 bridgehead atoms. The third-order valence-electron chi connectivity index (χ3n) is 1.80. The van der Waals surface area contributed by atoms with E-state index < -0.39 is 0 Å². The molecule has 1 N–H and O–H groups in total. The van der Waals surface area contributed by atoms with E-state index in [4.69, 9.17) is 16.3 Å². The Kier molecular flexibility index (Phi) is 5.52. The van der Waals surface area contributed by atoms with Gasteiger partial charge in [0.15, 0.2) is 0 Å². The van der Waals surface area contributed by atoms with Gasteiger partial charge in [-0.15, -0.1) is 11.3 Å². The van der Waals surface area contributed by atoms with Gasteiger partial charge in [-0.25, -0.2) is 0 Å². The van der Waals surface area contributed by atoms with Crippen molar-refractivity contribution >= 4 is 34.9 Å². The van der Waals surface area contributed by atoms with Gasteiger partial charge in [0.05, 0.1) is 10.9 Å². The first-order valence-corrected chi connectivity index (χ1v) is 6.04. The fraction of sp³-hybridized carbons (Fsp3) is 0.364. The predicted octanol–water partition coefficient (Wildman–Crippen LogP) is 2.57. The van der Waals surface area contributed by atoms with Crippen LogP contribution in [0.4, 0.5) is 0 Å². The molecule has 1 rings (SSSR count). The Labute approximate surface area is 104 Å². The lowest BCUT2D eigenvalue weighted by Gasteiger charge is -2.10. The minimum atomic E-state index is -0.130. The maximum atomic E-state index is 11.4. The normalized spacial score (nSPS) is 12.9. The first-order valence-electron chi connectivity index (χ1n) is 4.84. The van der Waals surface area contributed by atoms with E-state index in [-0.39, 0.29) is 11.9 Å². The Bertz CT molecular complexity index is 376. The number of carbonyl (C=O) groups excluding carboxylic acids is 1. The lowest BCUT2D eigenvalue weighted by atomic mass is 10.3. The molecular formula is C11H14ClNO2S. The molecule has 0 radical (unpaired) electrons. The molecule has 1 heterocycles. The van der Waals surface area contributed by atoms with Gasteiger partial charge in [0.2, 0.25) is 5.91 Å². The summed E-state index contributed by atoms with van der Waals surface area (Å²) in [4.78, 5) is 12.4. The molecule has 0 saturated carbocycles. The summed E-state index contributed by atoms with van der Waals surface area (Å²) in [5.41, 5.74) is 0. The number of thiophene rings is 1. The number of nitrogens with one attached hydrogen (secondary N) is 1. The monoisotopic (exact) mass is 259 g/mol. The lowest BCUT2D eigenvalue weighted by molar-refractivity contribution is -0.117. The van der Waals surface area contributed by atoms with Crippen molar-refractivity contribution in [2.45, 2.75) is 13.0 Å². The summed E-state index contributed by atoms with van der Waals surface area (Å²) in [6.45, 7) is 2.39. The quantitative estimate of drug-likeness (QED) is 0.826. The Hall–Kier alpha value is -0.840. The average Bonchev–Trinajstić information content (AvgIpc) is 2.61. The third kappa shape index (κ3) is 4.79. The van der Waals surface area contributed by atoms with Crippen LogP contribution in [-0.4, -0.2) is 25.7 Å². The average molecular weight is 260 g/mol. The highest BCUT2D eigenvalue weighted by atomic mass is 35.5. The van der Waals surface area contributed by atoms with E-state index in [0.717, 1.165) is 4.88 Å². The van der Waals surface area contributed by atoms with Gasteiger partial charge in [0.1, 0.15) is 0 Å². The number of hydrogen-bond donors (Lipinski definition) is 1. The van der Waals surface area contributed by atoms with Gasteiger partial charge in [-0.05, 0) is 25.1 Å². The van der Waals surface area contributed by atoms with Crippen LogP contribution in [-0.2, 0) is 9.53 Å². The van der Waals surface area contributed by atoms with Gasteiger partial charge in [0.25, 0.3) is 0 Å². The van der Waals surface area contributed by atoms with Crippen LogP contribution in [0.15, 0.2) is 18.2 Å². The van der Waals surface area contributed by atoms with Crippen molar-refractivity contribution in [1.29, 1.82) is 0 Å². The van der Waals surface area contributed by atoms with Gasteiger partial charge < -0.3 is 10.1 Å². The molecule has 0 aromatic carbocycles. The fourth-order valence-corrected chi connectivity index (χ4v) is 2.12. The maximum Gasteiger partial charge on any atom is 0.244 e. The highest BCUT2D eigenvalue weighted by Gasteiger charge is 2.03. The Morgan fingerprint density at radius 2 is 2.44 bits per heavy atom. The van der Waals surface area contributed by atoms with E-state index in [9.17, 15) is 4.79 Å². The number of methoxy groups -OCH3 is 1. The summed E-state index contributed by atoms with van der Waals surface area (Å²) >= 11 is 7.20. The molecule has 0 saturated heterocycles. The zero-order chi connectivity index (χ0) is 12.0. The summed E-state index contributed by atoms with van der Waals surface area (Å²) in [5.74, 6) is -0.130. The topological polar surface area (TPSA) is 38.3 Å². The number of ether oxygens (including phenoxy) is 1. The fourth-order valence-electron chi connectivity index (χ4n) is 1.16. The Morgan fingerprint density at radius 1 is 1.69 bits per heavy atom. The standard InChI is InChI=1S/C11H14ClNO2S/c1-8(7-15-2)13-11(14)6-4-9-3-5-10(12)16-9/h3-6,8H,7H2,1-2H3,(H,13,14). The van der Waals surface area contributed by atoms with E-state index >= 15 is 0 Å². The van der Waals surface area contributed by atoms with Crippen LogP contribution < -0.4 is 5.32 Å². The summed E-state index contributed by atoms with van der Waals surface area (Å²) in [6.07, 6.45) is 3.24. The van der Waals surface area contributed by atoms with Crippen molar-refractivity contribution in [3.63, 3.8) is 0 Å². The zero-order valence-electron chi connectivity index (χ0n) is 9.20. The molecule has 1 atom stereocenters. The van der Waals surface area contributed by atoms with E-state index in [1.165, 1.54) is 17.4 Å². The molecule has 0 fully saturated rings. The molecule has 88 valence electrons. The highest BCUT2D eigenvalue weighted by Crippen LogP contribution is 2.22. The summed E-state index contributed by atoms with van der Waals surface area (Å²) in [7, 11) is 1.60. The van der Waals surface area contributed by atoms with E-state index in [1.54, 1.807) is 19.3 Å². The number of halogens is 1. The summed E-state index contributed by atoms with van der Waals surface area (Å²) in [5, 5.41) is 2.78. The van der Waals surface area contributed by atoms with Crippen molar-refractivity contribution in [2.24, 2.45) is 0 Å². The molecule has 1 aromatic rings. The van der Waals surface area contributed by atoms with Crippen LogP contribution in [0.5, 0.6) is 0 Å². The molecule has 0 aliphatic heterocycles. The van der Waals surface area contributed by atoms with E-state index in [1.807, 2.05) is 13.0 Å². The van der Waals surface area contributed by atoms with Crippen molar-refractivity contribution in [1.82, 2.24) is 5.32 Å². The van der Waals surface area contributed by atoms with Crippen molar-refractivity contribution in [3.8, 4) is 0 Å². The molecule has 0 aliphatic rings. The summed E-state index contributed by atoms with van der Waals surface area (Å²) in [6, 6.07) is 3.68. The molecule has 5 heteroatoms. The number of rotatable bonds is 5. The third-order valence-corrected chi connectivity index (χ3v) is 2.99. The maximum absolute atomic E-state index is 11.4. The van der Waals surface area contributed by atoms with Crippen LogP contribution in [0.25, 0.3) is 6.08 Å². The minimum absolute atomic E-state index is 0.00840. The second-order valence-electron chi connectivity index (χ2n) is 3.34. The van der Waals surface area contributed by atoms with Gasteiger partial charge in [-0.3, -0.25) is 4.79 Å². The van der Waals surface area contributed by atoms with Crippen molar-refractivity contribution in [2.75, 3.05) is 13.7 Å². The van der Waals surface area contributed by atoms with Crippen LogP contribution in [0.1, 0.15) is 11.8 Å². The van der Waals surface area contributed by atoms with Crippen LogP contribution >= 0.6 is 22.9 Å².